The van der Waals surface area contributed by atoms with Crippen molar-refractivity contribution in [2.75, 3.05) is 12.8 Å². The molecule has 0 aliphatic heterocycles. The first-order chi connectivity index (χ1) is 10.0. The monoisotopic (exact) mass is 304 g/mol. The minimum atomic E-state index is -0.202. The minimum absolute atomic E-state index is 0.149. The molecule has 4 nitrogen and oxygen atoms in total. The van der Waals surface area contributed by atoms with E-state index in [1.165, 1.54) is 0 Å². The van der Waals surface area contributed by atoms with Crippen molar-refractivity contribution in [3.05, 3.63) is 58.6 Å². The molecule has 0 heterocycles. The van der Waals surface area contributed by atoms with Crippen LogP contribution in [-0.4, -0.2) is 13.0 Å². The van der Waals surface area contributed by atoms with Gasteiger partial charge in [0.1, 0.15) is 5.75 Å². The van der Waals surface area contributed by atoms with Crippen molar-refractivity contribution >= 4 is 23.2 Å². The Hall–Kier alpha value is -2.20. The first-order valence-corrected chi connectivity index (χ1v) is 6.89. The van der Waals surface area contributed by atoms with E-state index in [0.717, 1.165) is 11.3 Å². The van der Waals surface area contributed by atoms with Crippen molar-refractivity contribution in [3.8, 4) is 5.75 Å². The van der Waals surface area contributed by atoms with E-state index in [1.54, 1.807) is 25.3 Å². The number of nitrogens with two attached hydrogens (primary N) is 1. The number of hydrogen-bond acceptors (Lipinski definition) is 3. The summed E-state index contributed by atoms with van der Waals surface area (Å²) in [4.78, 5) is 12.2. The van der Waals surface area contributed by atoms with E-state index >= 15 is 0 Å². The van der Waals surface area contributed by atoms with Crippen molar-refractivity contribution in [1.29, 1.82) is 0 Å². The number of ether oxygens (including phenoxy) is 1. The molecule has 0 aliphatic rings. The normalized spacial score (nSPS) is 11.8. The molecule has 1 atom stereocenters. The summed E-state index contributed by atoms with van der Waals surface area (Å²) in [7, 11) is 1.61. The van der Waals surface area contributed by atoms with Crippen LogP contribution in [0.25, 0.3) is 0 Å². The third-order valence-electron chi connectivity index (χ3n) is 3.20. The highest BCUT2D eigenvalue weighted by Crippen LogP contribution is 2.21. The molecule has 21 heavy (non-hydrogen) atoms. The van der Waals surface area contributed by atoms with E-state index in [4.69, 9.17) is 22.1 Å². The summed E-state index contributed by atoms with van der Waals surface area (Å²) in [6.07, 6.45) is 0. The van der Waals surface area contributed by atoms with Gasteiger partial charge in [0.05, 0.1) is 23.9 Å². The quantitative estimate of drug-likeness (QED) is 0.851. The molecule has 5 heteroatoms. The molecule has 1 amide bonds. The number of rotatable bonds is 4. The third-order valence-corrected chi connectivity index (χ3v) is 3.53. The van der Waals surface area contributed by atoms with E-state index < -0.39 is 0 Å². The Morgan fingerprint density at radius 3 is 2.71 bits per heavy atom. The number of methoxy groups -OCH3 is 1. The maximum atomic E-state index is 12.2. The number of nitrogen functional groups attached to an aromatic ring is 1. The molecular weight excluding hydrogens is 288 g/mol. The fourth-order valence-electron chi connectivity index (χ4n) is 1.94. The zero-order valence-electron chi connectivity index (χ0n) is 11.9. The molecule has 0 aromatic heterocycles. The molecule has 0 radical (unpaired) electrons. The summed E-state index contributed by atoms with van der Waals surface area (Å²) in [6, 6.07) is 12.2. The van der Waals surface area contributed by atoms with Crippen LogP contribution >= 0.6 is 11.6 Å². The Kier molecular flexibility index (Phi) is 4.70. The second-order valence-corrected chi connectivity index (χ2v) is 5.12. The molecule has 0 unspecified atom stereocenters. The van der Waals surface area contributed by atoms with Crippen LogP contribution in [0.15, 0.2) is 42.5 Å². The van der Waals surface area contributed by atoms with Gasteiger partial charge in [-0.2, -0.15) is 0 Å². The average Bonchev–Trinajstić information content (AvgIpc) is 2.49. The number of anilines is 1. The van der Waals surface area contributed by atoms with Crippen LogP contribution in [0.4, 0.5) is 5.69 Å². The van der Waals surface area contributed by atoms with Gasteiger partial charge in [-0.3, -0.25) is 4.79 Å². The van der Waals surface area contributed by atoms with E-state index in [1.807, 2.05) is 31.2 Å². The smallest absolute Gasteiger partial charge is 0.251 e. The van der Waals surface area contributed by atoms with Crippen molar-refractivity contribution in [3.63, 3.8) is 0 Å². The number of carbonyl (C=O) groups is 1. The number of halogens is 1. The minimum Gasteiger partial charge on any atom is -0.497 e. The van der Waals surface area contributed by atoms with Crippen LogP contribution in [0.3, 0.4) is 0 Å². The molecular formula is C16H17ClN2O2. The Bertz CT molecular complexity index is 658. The number of benzene rings is 2. The lowest BCUT2D eigenvalue weighted by molar-refractivity contribution is 0.0940. The van der Waals surface area contributed by atoms with E-state index in [-0.39, 0.29) is 11.9 Å². The number of nitrogens with one attached hydrogen (secondary N) is 1. The maximum Gasteiger partial charge on any atom is 0.251 e. The van der Waals surface area contributed by atoms with Crippen molar-refractivity contribution < 1.29 is 9.53 Å². The van der Waals surface area contributed by atoms with E-state index in [0.29, 0.717) is 16.3 Å². The lowest BCUT2D eigenvalue weighted by Crippen LogP contribution is -2.26. The molecule has 0 saturated carbocycles. The summed E-state index contributed by atoms with van der Waals surface area (Å²) in [5.41, 5.74) is 7.53. The van der Waals surface area contributed by atoms with Crippen molar-refractivity contribution in [2.24, 2.45) is 0 Å². The first-order valence-electron chi connectivity index (χ1n) is 6.51. The van der Waals surface area contributed by atoms with Crippen LogP contribution in [0, 0.1) is 0 Å². The SMILES string of the molecule is COc1cccc([C@H](C)NC(=O)c2ccc(N)c(Cl)c2)c1. The summed E-state index contributed by atoms with van der Waals surface area (Å²) >= 11 is 5.93. The zero-order chi connectivity index (χ0) is 15.4. The lowest BCUT2D eigenvalue weighted by atomic mass is 10.1. The Morgan fingerprint density at radius 1 is 1.29 bits per heavy atom. The highest BCUT2D eigenvalue weighted by atomic mass is 35.5. The van der Waals surface area contributed by atoms with Gasteiger partial charge < -0.3 is 15.8 Å². The summed E-state index contributed by atoms with van der Waals surface area (Å²) in [5.74, 6) is 0.552. The zero-order valence-corrected chi connectivity index (χ0v) is 12.6. The molecule has 2 rings (SSSR count). The molecule has 2 aromatic rings. The fourth-order valence-corrected chi connectivity index (χ4v) is 2.12. The predicted molar refractivity (Wildman–Crippen MR) is 84.7 cm³/mol. The second kappa shape index (κ2) is 6.50. The van der Waals surface area contributed by atoms with Gasteiger partial charge in [0.15, 0.2) is 0 Å². The molecule has 3 N–H and O–H groups in total. The van der Waals surface area contributed by atoms with Gasteiger partial charge in [-0.25, -0.2) is 0 Å². The van der Waals surface area contributed by atoms with Gasteiger partial charge in [0.2, 0.25) is 0 Å². The van der Waals surface area contributed by atoms with Crippen LogP contribution < -0.4 is 15.8 Å². The first kappa shape index (κ1) is 15.2. The van der Waals surface area contributed by atoms with Crippen molar-refractivity contribution in [1.82, 2.24) is 5.32 Å². The van der Waals surface area contributed by atoms with E-state index in [9.17, 15) is 4.79 Å². The van der Waals surface area contributed by atoms with Crippen LogP contribution in [0.1, 0.15) is 28.9 Å². The number of carbonyl (C=O) groups excluding carboxylic acids is 1. The lowest BCUT2D eigenvalue weighted by Gasteiger charge is -2.15. The highest BCUT2D eigenvalue weighted by Gasteiger charge is 2.13. The Balaban J connectivity index is 2.12. The molecule has 0 fully saturated rings. The van der Waals surface area contributed by atoms with Gasteiger partial charge in [-0.15, -0.1) is 0 Å². The van der Waals surface area contributed by atoms with Crippen LogP contribution in [-0.2, 0) is 0 Å². The topological polar surface area (TPSA) is 64.3 Å². The Morgan fingerprint density at radius 2 is 2.05 bits per heavy atom. The van der Waals surface area contributed by atoms with Gasteiger partial charge in [-0.05, 0) is 42.8 Å². The maximum absolute atomic E-state index is 12.2. The van der Waals surface area contributed by atoms with E-state index in [2.05, 4.69) is 5.32 Å². The predicted octanol–water partition coefficient (Wildman–Crippen LogP) is 3.42. The summed E-state index contributed by atoms with van der Waals surface area (Å²) in [5, 5.41) is 3.29. The molecule has 110 valence electrons. The van der Waals surface area contributed by atoms with Gasteiger partial charge >= 0.3 is 0 Å². The second-order valence-electron chi connectivity index (χ2n) is 4.71. The number of amides is 1. The highest BCUT2D eigenvalue weighted by molar-refractivity contribution is 6.33. The van der Waals surface area contributed by atoms with Crippen LogP contribution in [0.2, 0.25) is 5.02 Å². The molecule has 2 aromatic carbocycles. The molecule has 0 aliphatic carbocycles. The molecule has 0 bridgehead atoms. The fraction of sp³-hybridized carbons (Fsp3) is 0.188. The van der Waals surface area contributed by atoms with Gasteiger partial charge in [0.25, 0.3) is 5.91 Å². The average molecular weight is 305 g/mol. The Labute approximate surface area is 128 Å². The molecule has 0 saturated heterocycles. The summed E-state index contributed by atoms with van der Waals surface area (Å²) < 4.78 is 5.18. The summed E-state index contributed by atoms with van der Waals surface area (Å²) in [6.45, 7) is 1.91. The van der Waals surface area contributed by atoms with Crippen LogP contribution in [0.5, 0.6) is 5.75 Å². The number of hydrogen-bond donors (Lipinski definition) is 2. The largest absolute Gasteiger partial charge is 0.497 e. The standard InChI is InChI=1S/C16H17ClN2O2/c1-10(11-4-3-5-13(8-11)21-2)19-16(20)12-6-7-15(18)14(17)9-12/h3-10H,18H2,1-2H3,(H,19,20)/t10-/m0/s1. The van der Waals surface area contributed by atoms with Gasteiger partial charge in [0, 0.05) is 5.56 Å². The molecule has 0 spiro atoms. The third kappa shape index (κ3) is 3.67. The van der Waals surface area contributed by atoms with Gasteiger partial charge in [-0.1, -0.05) is 23.7 Å². The van der Waals surface area contributed by atoms with Crippen molar-refractivity contribution in [2.45, 2.75) is 13.0 Å².